The third-order valence-corrected chi connectivity index (χ3v) is 6.73. The average molecular weight is 326 g/mol. The van der Waals surface area contributed by atoms with Gasteiger partial charge in [-0.05, 0) is 43.1 Å². The zero-order chi connectivity index (χ0) is 18.1. The molecule has 0 bridgehead atoms. The quantitative estimate of drug-likeness (QED) is 0.357. The zero-order valence-corrected chi connectivity index (χ0v) is 17.9. The summed E-state index contributed by atoms with van der Waals surface area (Å²) in [6, 6.07) is 0. The molecule has 0 aliphatic heterocycles. The minimum Gasteiger partial charge on any atom is -0.314 e. The molecule has 0 saturated heterocycles. The van der Waals surface area contributed by atoms with Crippen molar-refractivity contribution in [3.8, 4) is 0 Å². The molecule has 1 heteroatoms. The molecule has 140 valence electrons. The summed E-state index contributed by atoms with van der Waals surface area (Å²) in [4.78, 5) is 0. The first-order valence-corrected chi connectivity index (χ1v) is 10.5. The Kier molecular flexibility index (Phi) is 10.7. The van der Waals surface area contributed by atoms with E-state index in [1.165, 1.54) is 51.4 Å². The molecule has 0 radical (unpaired) electrons. The number of rotatable bonds is 13. The summed E-state index contributed by atoms with van der Waals surface area (Å²) in [6.45, 7) is 19.4. The molecule has 0 spiro atoms. The van der Waals surface area contributed by atoms with E-state index in [2.05, 4.69) is 67.8 Å². The SMILES string of the molecule is CCCCCCCCC(CC)(NC)C(C(C)C)(C(C)C)C(C)C. The molecular weight excluding hydrogens is 278 g/mol. The Hall–Kier alpha value is -0.0400. The van der Waals surface area contributed by atoms with Crippen LogP contribution in [-0.2, 0) is 0 Å². The molecule has 0 heterocycles. The lowest BCUT2D eigenvalue weighted by Crippen LogP contribution is -2.63. The van der Waals surface area contributed by atoms with Gasteiger partial charge in [0.2, 0.25) is 0 Å². The van der Waals surface area contributed by atoms with Gasteiger partial charge in [0.15, 0.2) is 0 Å². The van der Waals surface area contributed by atoms with Gasteiger partial charge >= 0.3 is 0 Å². The molecule has 0 aliphatic carbocycles. The fourth-order valence-corrected chi connectivity index (χ4v) is 6.08. The van der Waals surface area contributed by atoms with Crippen molar-refractivity contribution in [2.75, 3.05) is 7.05 Å². The number of hydrogen-bond donors (Lipinski definition) is 1. The average Bonchev–Trinajstić information content (AvgIpc) is 2.48. The van der Waals surface area contributed by atoms with Gasteiger partial charge in [0, 0.05) is 5.54 Å². The maximum Gasteiger partial charge on any atom is 0.0239 e. The Labute approximate surface area is 148 Å². The Morgan fingerprint density at radius 1 is 0.696 bits per heavy atom. The summed E-state index contributed by atoms with van der Waals surface area (Å²) >= 11 is 0. The minimum absolute atomic E-state index is 0.258. The van der Waals surface area contributed by atoms with Gasteiger partial charge in [-0.1, -0.05) is 93.9 Å². The van der Waals surface area contributed by atoms with Crippen molar-refractivity contribution in [3.63, 3.8) is 0 Å². The highest BCUT2D eigenvalue weighted by Crippen LogP contribution is 2.54. The van der Waals surface area contributed by atoms with E-state index in [1.807, 2.05) is 0 Å². The van der Waals surface area contributed by atoms with Crippen LogP contribution in [-0.4, -0.2) is 12.6 Å². The van der Waals surface area contributed by atoms with Crippen molar-refractivity contribution < 1.29 is 0 Å². The molecule has 0 saturated carbocycles. The first-order valence-electron chi connectivity index (χ1n) is 10.5. The van der Waals surface area contributed by atoms with E-state index in [1.54, 1.807) is 0 Å². The first kappa shape index (κ1) is 23.0. The normalized spacial score (nSPS) is 15.7. The summed E-state index contributed by atoms with van der Waals surface area (Å²) in [5.41, 5.74) is 0.605. The number of hydrogen-bond acceptors (Lipinski definition) is 1. The van der Waals surface area contributed by atoms with Gasteiger partial charge in [0.05, 0.1) is 0 Å². The van der Waals surface area contributed by atoms with Gasteiger partial charge < -0.3 is 5.32 Å². The molecule has 0 fully saturated rings. The summed E-state index contributed by atoms with van der Waals surface area (Å²) in [5.74, 6) is 2.07. The van der Waals surface area contributed by atoms with Crippen LogP contribution in [0.3, 0.4) is 0 Å². The third-order valence-electron chi connectivity index (χ3n) is 6.73. The van der Waals surface area contributed by atoms with Gasteiger partial charge in [-0.2, -0.15) is 0 Å². The van der Waals surface area contributed by atoms with Gasteiger partial charge in [-0.15, -0.1) is 0 Å². The molecule has 1 N–H and O–H groups in total. The standard InChI is InChI=1S/C22H47N/c1-10-12-13-14-15-16-17-21(11-2,23-9)22(18(3)4,19(5)6)20(7)8/h18-20,23H,10-17H2,1-9H3. The Bertz CT molecular complexity index is 265. The van der Waals surface area contributed by atoms with E-state index in [0.29, 0.717) is 23.2 Å². The summed E-state index contributed by atoms with van der Waals surface area (Å²) in [6.07, 6.45) is 10.9. The number of unbranched alkanes of at least 4 members (excludes halogenated alkanes) is 5. The lowest BCUT2D eigenvalue weighted by molar-refractivity contribution is -0.0635. The monoisotopic (exact) mass is 325 g/mol. The van der Waals surface area contributed by atoms with Crippen molar-refractivity contribution >= 4 is 0 Å². The van der Waals surface area contributed by atoms with Crippen LogP contribution >= 0.6 is 0 Å². The molecule has 23 heavy (non-hydrogen) atoms. The van der Waals surface area contributed by atoms with Crippen LogP contribution in [0.5, 0.6) is 0 Å². The van der Waals surface area contributed by atoms with Crippen molar-refractivity contribution in [2.45, 2.75) is 112 Å². The second kappa shape index (κ2) is 10.7. The fraction of sp³-hybridized carbons (Fsp3) is 1.00. The van der Waals surface area contributed by atoms with E-state index in [9.17, 15) is 0 Å². The van der Waals surface area contributed by atoms with Crippen LogP contribution in [0.2, 0.25) is 0 Å². The molecule has 0 rings (SSSR count). The predicted octanol–water partition coefficient (Wildman–Crippen LogP) is 7.06. The third kappa shape index (κ3) is 4.97. The topological polar surface area (TPSA) is 12.0 Å². The van der Waals surface area contributed by atoms with Crippen LogP contribution in [0.15, 0.2) is 0 Å². The molecule has 0 aromatic rings. The van der Waals surface area contributed by atoms with E-state index in [4.69, 9.17) is 0 Å². The zero-order valence-electron chi connectivity index (χ0n) is 17.9. The largest absolute Gasteiger partial charge is 0.314 e. The maximum atomic E-state index is 3.85. The Balaban J connectivity index is 5.27. The van der Waals surface area contributed by atoms with Crippen LogP contribution in [0.25, 0.3) is 0 Å². The molecule has 1 nitrogen and oxygen atoms in total. The molecule has 1 unspecified atom stereocenters. The highest BCUT2D eigenvalue weighted by molar-refractivity contribution is 5.07. The van der Waals surface area contributed by atoms with Crippen molar-refractivity contribution in [2.24, 2.45) is 23.2 Å². The van der Waals surface area contributed by atoms with E-state index < -0.39 is 0 Å². The Morgan fingerprint density at radius 3 is 1.48 bits per heavy atom. The van der Waals surface area contributed by atoms with E-state index >= 15 is 0 Å². The smallest absolute Gasteiger partial charge is 0.0239 e. The summed E-state index contributed by atoms with van der Waals surface area (Å²) < 4.78 is 0. The van der Waals surface area contributed by atoms with Crippen molar-refractivity contribution in [1.29, 1.82) is 0 Å². The van der Waals surface area contributed by atoms with Gasteiger partial charge in [0.1, 0.15) is 0 Å². The van der Waals surface area contributed by atoms with Crippen LogP contribution in [0.1, 0.15) is 107 Å². The second-order valence-electron chi connectivity index (χ2n) is 8.60. The first-order chi connectivity index (χ1) is 10.8. The molecule has 1 atom stereocenters. The summed E-state index contributed by atoms with van der Waals surface area (Å²) in [7, 11) is 2.21. The van der Waals surface area contributed by atoms with Crippen molar-refractivity contribution in [1.82, 2.24) is 5.32 Å². The molecule has 0 amide bonds. The minimum atomic E-state index is 0.258. The van der Waals surface area contributed by atoms with Gasteiger partial charge in [-0.25, -0.2) is 0 Å². The molecule has 0 aliphatic rings. The van der Waals surface area contributed by atoms with Crippen molar-refractivity contribution in [3.05, 3.63) is 0 Å². The molecule has 0 aromatic carbocycles. The molecule has 0 aromatic heterocycles. The highest BCUT2D eigenvalue weighted by atomic mass is 15.0. The maximum absolute atomic E-state index is 3.85. The second-order valence-corrected chi connectivity index (χ2v) is 8.60. The summed E-state index contributed by atoms with van der Waals surface area (Å²) in [5, 5.41) is 3.85. The van der Waals surface area contributed by atoms with Gasteiger partial charge in [0.25, 0.3) is 0 Å². The van der Waals surface area contributed by atoms with Crippen LogP contribution in [0, 0.1) is 23.2 Å². The fourth-order valence-electron chi connectivity index (χ4n) is 6.08. The Morgan fingerprint density at radius 2 is 1.13 bits per heavy atom. The van der Waals surface area contributed by atoms with Gasteiger partial charge in [-0.3, -0.25) is 0 Å². The molecular formula is C22H47N. The highest BCUT2D eigenvalue weighted by Gasteiger charge is 2.54. The predicted molar refractivity (Wildman–Crippen MR) is 107 cm³/mol. The van der Waals surface area contributed by atoms with Crippen LogP contribution in [0.4, 0.5) is 0 Å². The lowest BCUT2D eigenvalue weighted by atomic mass is 9.50. The lowest BCUT2D eigenvalue weighted by Gasteiger charge is -2.59. The van der Waals surface area contributed by atoms with Crippen LogP contribution < -0.4 is 5.32 Å². The van der Waals surface area contributed by atoms with E-state index in [-0.39, 0.29) is 5.54 Å². The van der Waals surface area contributed by atoms with E-state index in [0.717, 1.165) is 0 Å². The number of nitrogens with one attached hydrogen (secondary N) is 1.